The maximum atomic E-state index is 12.8. The first-order valence-electron chi connectivity index (χ1n) is 7.88. The molecule has 24 heavy (non-hydrogen) atoms. The van der Waals surface area contributed by atoms with Crippen LogP contribution in [0.2, 0.25) is 0 Å². The van der Waals surface area contributed by atoms with E-state index in [1.54, 1.807) is 39.9 Å². The molecule has 7 heteroatoms. The molecule has 0 bridgehead atoms. The van der Waals surface area contributed by atoms with Crippen LogP contribution in [0, 0.1) is 0 Å². The quantitative estimate of drug-likeness (QED) is 0.905. The average molecular weight is 364 g/mol. The van der Waals surface area contributed by atoms with Crippen LogP contribution in [0.4, 0.5) is 5.69 Å². The maximum Gasteiger partial charge on any atom is 0.243 e. The van der Waals surface area contributed by atoms with E-state index in [9.17, 15) is 13.2 Å². The molecule has 1 fully saturated rings. The SMILES string of the molecule is CC(=O)Nc1ccc(S(=O)(=O)N2CCC(c3cccs3)CC2)cc1. The fourth-order valence-corrected chi connectivity index (χ4v) is 5.34. The van der Waals surface area contributed by atoms with Crippen molar-refractivity contribution in [2.75, 3.05) is 18.4 Å². The predicted molar refractivity (Wildman–Crippen MR) is 95.8 cm³/mol. The number of carbonyl (C=O) groups is 1. The van der Waals surface area contributed by atoms with Gasteiger partial charge < -0.3 is 5.32 Å². The van der Waals surface area contributed by atoms with Crippen molar-refractivity contribution in [1.29, 1.82) is 0 Å². The molecule has 0 aliphatic carbocycles. The lowest BCUT2D eigenvalue weighted by Gasteiger charge is -2.30. The van der Waals surface area contributed by atoms with E-state index in [0.717, 1.165) is 12.8 Å². The van der Waals surface area contributed by atoms with E-state index in [-0.39, 0.29) is 10.8 Å². The van der Waals surface area contributed by atoms with Crippen LogP contribution in [-0.2, 0) is 14.8 Å². The highest BCUT2D eigenvalue weighted by atomic mass is 32.2. The first-order chi connectivity index (χ1) is 11.5. The highest BCUT2D eigenvalue weighted by Crippen LogP contribution is 2.33. The number of thiophene rings is 1. The second-order valence-corrected chi connectivity index (χ2v) is 8.82. The van der Waals surface area contributed by atoms with Gasteiger partial charge in [0.2, 0.25) is 15.9 Å². The van der Waals surface area contributed by atoms with Gasteiger partial charge in [-0.25, -0.2) is 8.42 Å². The fraction of sp³-hybridized carbons (Fsp3) is 0.353. The Kier molecular flexibility index (Phi) is 5.03. The van der Waals surface area contributed by atoms with Crippen molar-refractivity contribution in [2.45, 2.75) is 30.6 Å². The van der Waals surface area contributed by atoms with Crippen molar-refractivity contribution in [2.24, 2.45) is 0 Å². The van der Waals surface area contributed by atoms with Crippen molar-refractivity contribution in [3.63, 3.8) is 0 Å². The topological polar surface area (TPSA) is 66.5 Å². The Hall–Kier alpha value is -1.70. The van der Waals surface area contributed by atoms with Gasteiger partial charge in [-0.1, -0.05) is 6.07 Å². The number of carbonyl (C=O) groups excluding carboxylic acids is 1. The lowest BCUT2D eigenvalue weighted by molar-refractivity contribution is -0.114. The number of anilines is 1. The fourth-order valence-electron chi connectivity index (χ4n) is 2.97. The van der Waals surface area contributed by atoms with Crippen LogP contribution in [0.1, 0.15) is 30.6 Å². The van der Waals surface area contributed by atoms with Gasteiger partial charge in [0.15, 0.2) is 0 Å². The van der Waals surface area contributed by atoms with Gasteiger partial charge in [-0.15, -0.1) is 11.3 Å². The number of hydrogen-bond donors (Lipinski definition) is 1. The first kappa shape index (κ1) is 17.1. The van der Waals surface area contributed by atoms with Gasteiger partial charge in [0.05, 0.1) is 4.90 Å². The molecule has 2 heterocycles. The number of sulfonamides is 1. The third-order valence-electron chi connectivity index (χ3n) is 4.21. The molecular formula is C17H20N2O3S2. The molecular weight excluding hydrogens is 344 g/mol. The minimum absolute atomic E-state index is 0.179. The van der Waals surface area contributed by atoms with Crippen molar-refractivity contribution < 1.29 is 13.2 Å². The van der Waals surface area contributed by atoms with Gasteiger partial charge in [-0.05, 0) is 54.5 Å². The summed E-state index contributed by atoms with van der Waals surface area (Å²) in [6.07, 6.45) is 1.70. The number of nitrogens with one attached hydrogen (secondary N) is 1. The lowest BCUT2D eigenvalue weighted by atomic mass is 9.97. The molecule has 1 aliphatic rings. The number of piperidine rings is 1. The zero-order valence-electron chi connectivity index (χ0n) is 13.4. The molecule has 5 nitrogen and oxygen atoms in total. The van der Waals surface area contributed by atoms with Gasteiger partial charge in [0.1, 0.15) is 0 Å². The Balaban J connectivity index is 1.69. The minimum Gasteiger partial charge on any atom is -0.326 e. The molecule has 0 unspecified atom stereocenters. The first-order valence-corrected chi connectivity index (χ1v) is 10.2. The van der Waals surface area contributed by atoms with E-state index in [0.29, 0.717) is 24.7 Å². The van der Waals surface area contributed by atoms with Crippen LogP contribution in [0.5, 0.6) is 0 Å². The van der Waals surface area contributed by atoms with Crippen molar-refractivity contribution in [3.05, 3.63) is 46.7 Å². The molecule has 1 aromatic carbocycles. The van der Waals surface area contributed by atoms with Gasteiger partial charge in [-0.2, -0.15) is 4.31 Å². The second kappa shape index (κ2) is 7.04. The number of benzene rings is 1. The second-order valence-electron chi connectivity index (χ2n) is 5.90. The number of amides is 1. The van der Waals surface area contributed by atoms with Crippen LogP contribution >= 0.6 is 11.3 Å². The summed E-state index contributed by atoms with van der Waals surface area (Å²) in [4.78, 5) is 12.6. The number of rotatable bonds is 4. The number of hydrogen-bond acceptors (Lipinski definition) is 4. The van der Waals surface area contributed by atoms with E-state index < -0.39 is 10.0 Å². The van der Waals surface area contributed by atoms with Crippen molar-refractivity contribution >= 4 is 33.0 Å². The molecule has 128 valence electrons. The smallest absolute Gasteiger partial charge is 0.243 e. The summed E-state index contributed by atoms with van der Waals surface area (Å²) in [6.45, 7) is 2.50. The Morgan fingerprint density at radius 2 is 1.83 bits per heavy atom. The van der Waals surface area contributed by atoms with E-state index in [2.05, 4.69) is 16.8 Å². The highest BCUT2D eigenvalue weighted by Gasteiger charge is 2.30. The number of nitrogens with zero attached hydrogens (tertiary/aromatic N) is 1. The molecule has 2 aromatic rings. The monoisotopic (exact) mass is 364 g/mol. The summed E-state index contributed by atoms with van der Waals surface area (Å²) in [5.74, 6) is 0.278. The average Bonchev–Trinajstić information content (AvgIpc) is 3.09. The van der Waals surface area contributed by atoms with Crippen LogP contribution in [0.3, 0.4) is 0 Å². The molecule has 0 spiro atoms. The molecule has 3 rings (SSSR count). The third-order valence-corrected chi connectivity index (χ3v) is 7.16. The lowest BCUT2D eigenvalue weighted by Crippen LogP contribution is -2.37. The van der Waals surface area contributed by atoms with Crippen LogP contribution in [0.15, 0.2) is 46.7 Å². The Bertz CT molecular complexity index is 791. The molecule has 0 radical (unpaired) electrons. The summed E-state index contributed by atoms with van der Waals surface area (Å²) in [5.41, 5.74) is 0.595. The largest absolute Gasteiger partial charge is 0.326 e. The standard InChI is InChI=1S/C17H20N2O3S2/c1-13(20)18-15-4-6-16(7-5-15)24(21,22)19-10-8-14(9-11-19)17-3-2-12-23-17/h2-7,12,14H,8-11H2,1H3,(H,18,20). The Morgan fingerprint density at radius 1 is 1.17 bits per heavy atom. The van der Waals surface area contributed by atoms with Crippen LogP contribution in [0.25, 0.3) is 0 Å². The van der Waals surface area contributed by atoms with Crippen molar-refractivity contribution in [1.82, 2.24) is 4.31 Å². The minimum atomic E-state index is -3.48. The molecule has 1 N–H and O–H groups in total. The maximum absolute atomic E-state index is 12.8. The molecule has 1 aliphatic heterocycles. The Morgan fingerprint density at radius 3 is 2.38 bits per heavy atom. The highest BCUT2D eigenvalue weighted by molar-refractivity contribution is 7.89. The molecule has 0 saturated carbocycles. The summed E-state index contributed by atoms with van der Waals surface area (Å²) >= 11 is 1.74. The van der Waals surface area contributed by atoms with Crippen molar-refractivity contribution in [3.8, 4) is 0 Å². The summed E-state index contributed by atoms with van der Waals surface area (Å²) in [6, 6.07) is 10.5. The predicted octanol–water partition coefficient (Wildman–Crippen LogP) is 3.27. The van der Waals surface area contributed by atoms with Crippen LogP contribution < -0.4 is 5.32 Å². The third kappa shape index (κ3) is 3.68. The van der Waals surface area contributed by atoms with Crippen LogP contribution in [-0.4, -0.2) is 31.7 Å². The molecule has 1 aromatic heterocycles. The van der Waals surface area contributed by atoms with E-state index in [1.165, 1.54) is 11.8 Å². The zero-order chi connectivity index (χ0) is 17.2. The molecule has 1 amide bonds. The molecule has 1 saturated heterocycles. The van der Waals surface area contributed by atoms with Gasteiger partial charge in [-0.3, -0.25) is 4.79 Å². The van der Waals surface area contributed by atoms with E-state index in [4.69, 9.17) is 0 Å². The van der Waals surface area contributed by atoms with Gasteiger partial charge in [0, 0.05) is 30.6 Å². The zero-order valence-corrected chi connectivity index (χ0v) is 15.1. The summed E-state index contributed by atoms with van der Waals surface area (Å²) < 4.78 is 27.1. The summed E-state index contributed by atoms with van der Waals surface area (Å²) in [7, 11) is -3.48. The normalized spacial score (nSPS) is 16.9. The molecule has 0 atom stereocenters. The van der Waals surface area contributed by atoms with E-state index >= 15 is 0 Å². The van der Waals surface area contributed by atoms with E-state index in [1.807, 2.05) is 6.07 Å². The van der Waals surface area contributed by atoms with Gasteiger partial charge >= 0.3 is 0 Å². The summed E-state index contributed by atoms with van der Waals surface area (Å²) in [5, 5.41) is 4.70. The Labute approximate surface area is 146 Å². The van der Waals surface area contributed by atoms with Gasteiger partial charge in [0.25, 0.3) is 0 Å².